The first kappa shape index (κ1) is 13.0. The second-order valence-electron chi connectivity index (χ2n) is 4.07. The van der Waals surface area contributed by atoms with Crippen LogP contribution in [-0.2, 0) is 10.0 Å². The third kappa shape index (κ3) is 2.70. The molecule has 2 rings (SSSR count). The molecule has 0 amide bonds. The summed E-state index contributed by atoms with van der Waals surface area (Å²) >= 11 is 3.37. The Bertz CT molecular complexity index is 510. The first-order valence-electron chi connectivity index (χ1n) is 5.49. The van der Waals surface area contributed by atoms with Crippen LogP contribution in [0.3, 0.4) is 0 Å². The zero-order valence-electron chi connectivity index (χ0n) is 9.61. The number of piperazine rings is 1. The van der Waals surface area contributed by atoms with Crippen LogP contribution >= 0.6 is 15.9 Å². The Hall–Kier alpha value is -0.430. The summed E-state index contributed by atoms with van der Waals surface area (Å²) in [5, 5.41) is 3.15. The monoisotopic (exact) mass is 318 g/mol. The maximum absolute atomic E-state index is 12.3. The molecule has 1 aliphatic heterocycles. The van der Waals surface area contributed by atoms with Crippen molar-refractivity contribution in [2.45, 2.75) is 11.8 Å². The summed E-state index contributed by atoms with van der Waals surface area (Å²) in [6, 6.07) is 5.14. The minimum atomic E-state index is -3.33. The topological polar surface area (TPSA) is 49.4 Å². The molecule has 1 fully saturated rings. The van der Waals surface area contributed by atoms with E-state index in [1.54, 1.807) is 18.2 Å². The molecule has 1 N–H and O–H groups in total. The number of rotatable bonds is 2. The Morgan fingerprint density at radius 2 is 1.94 bits per heavy atom. The fourth-order valence-corrected chi connectivity index (χ4v) is 3.59. The highest BCUT2D eigenvalue weighted by Crippen LogP contribution is 2.22. The summed E-state index contributed by atoms with van der Waals surface area (Å²) in [5.74, 6) is 0. The van der Waals surface area contributed by atoms with Crippen molar-refractivity contribution in [2.24, 2.45) is 0 Å². The van der Waals surface area contributed by atoms with Crippen LogP contribution in [-0.4, -0.2) is 38.9 Å². The molecule has 94 valence electrons. The van der Waals surface area contributed by atoms with E-state index >= 15 is 0 Å². The maximum atomic E-state index is 12.3. The van der Waals surface area contributed by atoms with Gasteiger partial charge in [0.2, 0.25) is 10.0 Å². The minimum absolute atomic E-state index is 0.375. The standard InChI is InChI=1S/C11H15BrN2O2S/c1-9-8-10(2-3-11(9)12)17(15,16)14-6-4-13-5-7-14/h2-3,8,13H,4-7H2,1H3. The van der Waals surface area contributed by atoms with Crippen molar-refractivity contribution >= 4 is 26.0 Å². The molecule has 1 heterocycles. The third-order valence-corrected chi connectivity index (χ3v) is 5.63. The highest BCUT2D eigenvalue weighted by Gasteiger charge is 2.25. The summed E-state index contributed by atoms with van der Waals surface area (Å²) in [6.07, 6.45) is 0. The zero-order chi connectivity index (χ0) is 12.5. The predicted octanol–water partition coefficient (Wildman–Crippen LogP) is 1.35. The largest absolute Gasteiger partial charge is 0.314 e. The van der Waals surface area contributed by atoms with Crippen LogP contribution < -0.4 is 5.32 Å². The van der Waals surface area contributed by atoms with Crippen LogP contribution in [0.1, 0.15) is 5.56 Å². The maximum Gasteiger partial charge on any atom is 0.243 e. The molecule has 1 aromatic rings. The van der Waals surface area contributed by atoms with E-state index in [-0.39, 0.29) is 0 Å². The fourth-order valence-electron chi connectivity index (χ4n) is 1.81. The number of benzene rings is 1. The summed E-state index contributed by atoms with van der Waals surface area (Å²) < 4.78 is 27.1. The Morgan fingerprint density at radius 1 is 1.29 bits per heavy atom. The Labute approximate surface area is 110 Å². The molecule has 0 radical (unpaired) electrons. The van der Waals surface area contributed by atoms with Gasteiger partial charge in [-0.1, -0.05) is 15.9 Å². The van der Waals surface area contributed by atoms with Crippen molar-refractivity contribution in [3.8, 4) is 0 Å². The van der Waals surface area contributed by atoms with Crippen LogP contribution in [0.2, 0.25) is 0 Å². The minimum Gasteiger partial charge on any atom is -0.314 e. The van der Waals surface area contributed by atoms with Crippen molar-refractivity contribution in [1.29, 1.82) is 0 Å². The molecular formula is C11H15BrN2O2S. The van der Waals surface area contributed by atoms with Gasteiger partial charge in [-0.25, -0.2) is 8.42 Å². The first-order valence-corrected chi connectivity index (χ1v) is 7.72. The van der Waals surface area contributed by atoms with Crippen LogP contribution in [0.25, 0.3) is 0 Å². The fraction of sp³-hybridized carbons (Fsp3) is 0.455. The van der Waals surface area contributed by atoms with Crippen molar-refractivity contribution in [3.05, 3.63) is 28.2 Å². The smallest absolute Gasteiger partial charge is 0.243 e. The molecule has 0 saturated carbocycles. The Morgan fingerprint density at radius 3 is 2.53 bits per heavy atom. The molecule has 0 bridgehead atoms. The van der Waals surface area contributed by atoms with Crippen molar-refractivity contribution < 1.29 is 8.42 Å². The lowest BCUT2D eigenvalue weighted by atomic mass is 10.2. The molecule has 6 heteroatoms. The lowest BCUT2D eigenvalue weighted by Crippen LogP contribution is -2.46. The zero-order valence-corrected chi connectivity index (χ0v) is 12.0. The average Bonchev–Trinajstić information content (AvgIpc) is 2.33. The summed E-state index contributed by atoms with van der Waals surface area (Å²) in [4.78, 5) is 0.375. The number of halogens is 1. The molecule has 0 unspecified atom stereocenters. The van der Waals surface area contributed by atoms with E-state index in [1.165, 1.54) is 4.31 Å². The molecule has 1 aromatic carbocycles. The van der Waals surface area contributed by atoms with Gasteiger partial charge in [-0.15, -0.1) is 0 Å². The molecular weight excluding hydrogens is 304 g/mol. The molecule has 17 heavy (non-hydrogen) atoms. The van der Waals surface area contributed by atoms with Gasteiger partial charge in [0.25, 0.3) is 0 Å². The lowest BCUT2D eigenvalue weighted by Gasteiger charge is -2.26. The Balaban J connectivity index is 2.33. The molecule has 0 atom stereocenters. The quantitative estimate of drug-likeness (QED) is 0.895. The molecule has 0 aromatic heterocycles. The van der Waals surface area contributed by atoms with E-state index in [9.17, 15) is 8.42 Å². The van der Waals surface area contributed by atoms with Gasteiger partial charge >= 0.3 is 0 Å². The van der Waals surface area contributed by atoms with Crippen molar-refractivity contribution in [3.63, 3.8) is 0 Å². The number of hydrogen-bond donors (Lipinski definition) is 1. The van der Waals surface area contributed by atoms with Crippen LogP contribution in [0.15, 0.2) is 27.6 Å². The second-order valence-corrected chi connectivity index (χ2v) is 6.86. The van der Waals surface area contributed by atoms with E-state index in [2.05, 4.69) is 21.2 Å². The highest BCUT2D eigenvalue weighted by atomic mass is 79.9. The van der Waals surface area contributed by atoms with Crippen LogP contribution in [0, 0.1) is 6.92 Å². The summed E-state index contributed by atoms with van der Waals surface area (Å²) in [7, 11) is -3.33. The van der Waals surface area contributed by atoms with Gasteiger partial charge < -0.3 is 5.32 Å². The Kier molecular flexibility index (Phi) is 3.87. The van der Waals surface area contributed by atoms with Gasteiger partial charge in [0.1, 0.15) is 0 Å². The van der Waals surface area contributed by atoms with Crippen molar-refractivity contribution in [2.75, 3.05) is 26.2 Å². The van der Waals surface area contributed by atoms with E-state index in [0.717, 1.165) is 23.1 Å². The number of nitrogens with one attached hydrogen (secondary N) is 1. The van der Waals surface area contributed by atoms with E-state index in [4.69, 9.17) is 0 Å². The molecule has 0 spiro atoms. The van der Waals surface area contributed by atoms with Gasteiger partial charge in [0, 0.05) is 30.7 Å². The van der Waals surface area contributed by atoms with Crippen LogP contribution in [0.5, 0.6) is 0 Å². The van der Waals surface area contributed by atoms with Gasteiger partial charge in [-0.05, 0) is 30.7 Å². The molecule has 1 aliphatic rings. The second kappa shape index (κ2) is 5.06. The highest BCUT2D eigenvalue weighted by molar-refractivity contribution is 9.10. The SMILES string of the molecule is Cc1cc(S(=O)(=O)N2CCNCC2)ccc1Br. The average molecular weight is 319 g/mol. The molecule has 4 nitrogen and oxygen atoms in total. The van der Waals surface area contributed by atoms with E-state index in [0.29, 0.717) is 18.0 Å². The predicted molar refractivity (Wildman–Crippen MR) is 70.5 cm³/mol. The number of aryl methyl sites for hydroxylation is 1. The third-order valence-electron chi connectivity index (χ3n) is 2.84. The van der Waals surface area contributed by atoms with Crippen LogP contribution in [0.4, 0.5) is 0 Å². The number of nitrogens with zero attached hydrogens (tertiary/aromatic N) is 1. The summed E-state index contributed by atoms with van der Waals surface area (Å²) in [5.41, 5.74) is 0.932. The van der Waals surface area contributed by atoms with Gasteiger partial charge in [0.15, 0.2) is 0 Å². The summed E-state index contributed by atoms with van der Waals surface area (Å²) in [6.45, 7) is 4.40. The van der Waals surface area contributed by atoms with Crippen molar-refractivity contribution in [1.82, 2.24) is 9.62 Å². The molecule has 0 aliphatic carbocycles. The van der Waals surface area contributed by atoms with E-state index in [1.807, 2.05) is 6.92 Å². The van der Waals surface area contributed by atoms with Gasteiger partial charge in [0.05, 0.1) is 4.90 Å². The normalized spacial score (nSPS) is 18.2. The lowest BCUT2D eigenvalue weighted by molar-refractivity contribution is 0.360. The molecule has 1 saturated heterocycles. The number of hydrogen-bond acceptors (Lipinski definition) is 3. The number of sulfonamides is 1. The van der Waals surface area contributed by atoms with E-state index < -0.39 is 10.0 Å². The van der Waals surface area contributed by atoms with Gasteiger partial charge in [-0.2, -0.15) is 4.31 Å². The van der Waals surface area contributed by atoms with Gasteiger partial charge in [-0.3, -0.25) is 0 Å². The first-order chi connectivity index (χ1) is 8.01.